The lowest BCUT2D eigenvalue weighted by Crippen LogP contribution is -2.49. The van der Waals surface area contributed by atoms with Gasteiger partial charge in [-0.15, -0.1) is 0 Å². The summed E-state index contributed by atoms with van der Waals surface area (Å²) in [7, 11) is 2.05. The summed E-state index contributed by atoms with van der Waals surface area (Å²) in [5.41, 5.74) is 2.74. The summed E-state index contributed by atoms with van der Waals surface area (Å²) in [5, 5.41) is 12.1. The Hall–Kier alpha value is -1.19. The van der Waals surface area contributed by atoms with Crippen LogP contribution in [0, 0.1) is 0 Å². The summed E-state index contributed by atoms with van der Waals surface area (Å²) >= 11 is 0. The Kier molecular flexibility index (Phi) is 2.96. The molecular weight excluding hydrogens is 224 g/mol. The highest BCUT2D eigenvalue weighted by atomic mass is 15.4. The highest BCUT2D eigenvalue weighted by Gasteiger charge is 2.37. The molecule has 0 atom stereocenters. The Bertz CT molecular complexity index is 429. The number of nitrogens with zero attached hydrogens (tertiary/aromatic N) is 2. The maximum Gasteiger partial charge on any atom is 0.148 e. The molecule has 0 amide bonds. The van der Waals surface area contributed by atoms with Crippen LogP contribution in [0.4, 0.5) is 11.5 Å². The van der Waals surface area contributed by atoms with Gasteiger partial charge in [-0.25, -0.2) is 0 Å². The van der Waals surface area contributed by atoms with Crippen LogP contribution in [0.1, 0.15) is 51.1 Å². The Morgan fingerprint density at radius 2 is 2.06 bits per heavy atom. The fraction of sp³-hybridized carbons (Fsp3) is 0.786. The van der Waals surface area contributed by atoms with Crippen LogP contribution in [0.2, 0.25) is 0 Å². The number of nitrogens with one attached hydrogen (secondary N) is 2. The molecule has 100 valence electrons. The summed E-state index contributed by atoms with van der Waals surface area (Å²) < 4.78 is 2.02. The second-order valence-corrected chi connectivity index (χ2v) is 5.86. The molecule has 2 heterocycles. The van der Waals surface area contributed by atoms with Crippen molar-refractivity contribution in [3.05, 3.63) is 5.69 Å². The van der Waals surface area contributed by atoms with Gasteiger partial charge in [0.2, 0.25) is 0 Å². The molecule has 1 saturated carbocycles. The van der Waals surface area contributed by atoms with Gasteiger partial charge < -0.3 is 10.6 Å². The largest absolute Gasteiger partial charge is 0.378 e. The van der Waals surface area contributed by atoms with Crippen molar-refractivity contribution in [2.45, 2.75) is 57.4 Å². The summed E-state index contributed by atoms with van der Waals surface area (Å²) in [6.45, 7) is 3.27. The van der Waals surface area contributed by atoms with Crippen molar-refractivity contribution in [3.63, 3.8) is 0 Å². The van der Waals surface area contributed by atoms with E-state index in [4.69, 9.17) is 0 Å². The van der Waals surface area contributed by atoms with Crippen molar-refractivity contribution in [3.8, 4) is 0 Å². The van der Waals surface area contributed by atoms with Crippen LogP contribution in [0.3, 0.4) is 0 Å². The van der Waals surface area contributed by atoms with Gasteiger partial charge >= 0.3 is 0 Å². The van der Waals surface area contributed by atoms with E-state index in [0.717, 1.165) is 19.4 Å². The minimum absolute atomic E-state index is 0.280. The zero-order chi connectivity index (χ0) is 12.6. The highest BCUT2D eigenvalue weighted by Crippen LogP contribution is 2.39. The van der Waals surface area contributed by atoms with Gasteiger partial charge in [-0.05, 0) is 19.3 Å². The SMILES string of the molecule is CCCc1nn(C)c2c1NCC1(CCCCC1)N2. The first-order valence-electron chi connectivity index (χ1n) is 7.32. The van der Waals surface area contributed by atoms with Gasteiger partial charge in [0, 0.05) is 13.6 Å². The number of hydrogen-bond acceptors (Lipinski definition) is 3. The fourth-order valence-electron chi connectivity index (χ4n) is 3.40. The Morgan fingerprint density at radius 3 is 2.78 bits per heavy atom. The zero-order valence-corrected chi connectivity index (χ0v) is 11.6. The van der Waals surface area contributed by atoms with E-state index < -0.39 is 0 Å². The molecule has 0 unspecified atom stereocenters. The fourth-order valence-corrected chi connectivity index (χ4v) is 3.40. The lowest BCUT2D eigenvalue weighted by molar-refractivity contribution is 0.332. The van der Waals surface area contributed by atoms with E-state index in [0.29, 0.717) is 0 Å². The van der Waals surface area contributed by atoms with Gasteiger partial charge in [0.05, 0.1) is 11.2 Å². The summed E-state index contributed by atoms with van der Waals surface area (Å²) in [6.07, 6.45) is 8.87. The molecule has 2 N–H and O–H groups in total. The standard InChI is InChI=1S/C14H24N4/c1-3-7-11-12-13(18(2)17-11)16-14(10-15-12)8-5-4-6-9-14/h15-16H,3-10H2,1-2H3. The smallest absolute Gasteiger partial charge is 0.148 e. The predicted octanol–water partition coefficient (Wildman–Crippen LogP) is 2.91. The molecule has 0 aromatic carbocycles. The van der Waals surface area contributed by atoms with Crippen LogP contribution >= 0.6 is 0 Å². The molecule has 0 saturated heterocycles. The molecule has 1 aromatic heterocycles. The zero-order valence-electron chi connectivity index (χ0n) is 11.6. The van der Waals surface area contributed by atoms with Crippen molar-refractivity contribution in [2.24, 2.45) is 7.05 Å². The molecule has 0 bridgehead atoms. The summed E-state index contributed by atoms with van der Waals surface area (Å²) in [4.78, 5) is 0. The average Bonchev–Trinajstić information content (AvgIpc) is 2.67. The molecule has 1 aromatic rings. The maximum atomic E-state index is 4.65. The first kappa shape index (κ1) is 11.9. The van der Waals surface area contributed by atoms with Crippen LogP contribution in [0.25, 0.3) is 0 Å². The minimum atomic E-state index is 0.280. The van der Waals surface area contributed by atoms with Crippen LogP contribution in [0.15, 0.2) is 0 Å². The Balaban J connectivity index is 1.88. The number of rotatable bonds is 2. The number of hydrogen-bond donors (Lipinski definition) is 2. The van der Waals surface area contributed by atoms with Gasteiger partial charge in [-0.2, -0.15) is 5.10 Å². The Morgan fingerprint density at radius 1 is 1.28 bits per heavy atom. The van der Waals surface area contributed by atoms with Gasteiger partial charge in [0.1, 0.15) is 11.5 Å². The average molecular weight is 248 g/mol. The van der Waals surface area contributed by atoms with Crippen LogP contribution in [-0.2, 0) is 13.5 Å². The first-order chi connectivity index (χ1) is 8.74. The van der Waals surface area contributed by atoms with Crippen molar-refractivity contribution >= 4 is 11.5 Å². The molecule has 1 fully saturated rings. The third kappa shape index (κ3) is 1.88. The normalized spacial score (nSPS) is 21.2. The van der Waals surface area contributed by atoms with Gasteiger partial charge in [0.25, 0.3) is 0 Å². The van der Waals surface area contributed by atoms with Crippen LogP contribution in [0.5, 0.6) is 0 Å². The van der Waals surface area contributed by atoms with Crippen LogP contribution in [-0.4, -0.2) is 21.9 Å². The molecule has 4 nitrogen and oxygen atoms in total. The van der Waals surface area contributed by atoms with E-state index in [1.807, 2.05) is 4.68 Å². The topological polar surface area (TPSA) is 41.9 Å². The number of fused-ring (bicyclic) bond motifs is 1. The second kappa shape index (κ2) is 4.48. The second-order valence-electron chi connectivity index (χ2n) is 5.86. The van der Waals surface area contributed by atoms with Gasteiger partial charge in [-0.3, -0.25) is 4.68 Å². The monoisotopic (exact) mass is 248 g/mol. The minimum Gasteiger partial charge on any atom is -0.378 e. The van der Waals surface area contributed by atoms with E-state index >= 15 is 0 Å². The lowest BCUT2D eigenvalue weighted by Gasteiger charge is -2.42. The van der Waals surface area contributed by atoms with E-state index in [9.17, 15) is 0 Å². The molecular formula is C14H24N4. The first-order valence-corrected chi connectivity index (χ1v) is 7.32. The van der Waals surface area contributed by atoms with Gasteiger partial charge in [0.15, 0.2) is 0 Å². The number of anilines is 2. The van der Waals surface area contributed by atoms with Crippen molar-refractivity contribution in [1.29, 1.82) is 0 Å². The number of aryl methyl sites for hydroxylation is 2. The molecule has 3 rings (SSSR count). The van der Waals surface area contributed by atoms with Crippen molar-refractivity contribution < 1.29 is 0 Å². The van der Waals surface area contributed by atoms with E-state index in [-0.39, 0.29) is 5.54 Å². The quantitative estimate of drug-likeness (QED) is 0.845. The highest BCUT2D eigenvalue weighted by molar-refractivity contribution is 5.71. The van der Waals surface area contributed by atoms with E-state index in [1.54, 1.807) is 0 Å². The summed E-state index contributed by atoms with van der Waals surface area (Å²) in [6, 6.07) is 0. The molecule has 4 heteroatoms. The number of aromatic nitrogens is 2. The molecule has 1 aliphatic heterocycles. The van der Waals surface area contributed by atoms with E-state index in [2.05, 4.69) is 29.7 Å². The molecule has 0 radical (unpaired) electrons. The van der Waals surface area contributed by atoms with Gasteiger partial charge in [-0.1, -0.05) is 32.6 Å². The maximum absolute atomic E-state index is 4.65. The molecule has 1 aliphatic carbocycles. The third-order valence-corrected chi connectivity index (χ3v) is 4.40. The summed E-state index contributed by atoms with van der Waals surface area (Å²) in [5.74, 6) is 1.20. The van der Waals surface area contributed by atoms with Crippen molar-refractivity contribution in [2.75, 3.05) is 17.2 Å². The molecule has 2 aliphatic rings. The van der Waals surface area contributed by atoms with Crippen molar-refractivity contribution in [1.82, 2.24) is 9.78 Å². The molecule has 1 spiro atoms. The Labute approximate surface area is 109 Å². The lowest BCUT2D eigenvalue weighted by atomic mass is 9.80. The third-order valence-electron chi connectivity index (χ3n) is 4.40. The molecule has 18 heavy (non-hydrogen) atoms. The van der Waals surface area contributed by atoms with Crippen LogP contribution < -0.4 is 10.6 Å². The van der Waals surface area contributed by atoms with E-state index in [1.165, 1.54) is 49.3 Å². The predicted molar refractivity (Wildman–Crippen MR) is 75.1 cm³/mol.